The predicted octanol–water partition coefficient (Wildman–Crippen LogP) is 1.18. The Balaban J connectivity index is 2.75. The molecule has 0 aromatic carbocycles. The number of carbonyl (C=O) groups is 2. The normalized spacial score (nSPS) is 11.6. The van der Waals surface area contributed by atoms with Gasteiger partial charge in [0, 0.05) is 19.8 Å². The fourth-order valence-corrected chi connectivity index (χ4v) is 1.73. The summed E-state index contributed by atoms with van der Waals surface area (Å²) in [5.41, 5.74) is 0.462. The Kier molecular flexibility index (Phi) is 6.39. The Morgan fingerprint density at radius 2 is 2.10 bits per heavy atom. The van der Waals surface area contributed by atoms with Crippen molar-refractivity contribution in [2.24, 2.45) is 5.92 Å². The molecule has 114 valence electrons. The molecule has 1 aromatic heterocycles. The Morgan fingerprint density at radius 1 is 1.38 bits per heavy atom. The van der Waals surface area contributed by atoms with Gasteiger partial charge in [0.2, 0.25) is 5.91 Å². The van der Waals surface area contributed by atoms with Crippen LogP contribution in [0, 0.1) is 5.92 Å². The molecule has 0 bridgehead atoms. The molecule has 0 radical (unpaired) electrons. The number of nitrogens with one attached hydrogen (secondary N) is 3. The van der Waals surface area contributed by atoms with Crippen LogP contribution in [-0.4, -0.2) is 36.4 Å². The van der Waals surface area contributed by atoms with Crippen LogP contribution < -0.4 is 16.0 Å². The number of carbonyl (C=O) groups excluding carboxylic acids is 2. The molecular formula is C15H22N4O2. The first-order chi connectivity index (χ1) is 9.99. The quantitative estimate of drug-likeness (QED) is 0.659. The van der Waals surface area contributed by atoms with Crippen molar-refractivity contribution in [3.63, 3.8) is 0 Å². The predicted molar refractivity (Wildman–Crippen MR) is 83.1 cm³/mol. The Labute approximate surface area is 125 Å². The van der Waals surface area contributed by atoms with Crippen molar-refractivity contribution in [2.75, 3.05) is 18.9 Å². The summed E-state index contributed by atoms with van der Waals surface area (Å²) in [6.45, 7) is 7.84. The van der Waals surface area contributed by atoms with E-state index in [9.17, 15) is 9.59 Å². The first-order valence-electron chi connectivity index (χ1n) is 6.82. The summed E-state index contributed by atoms with van der Waals surface area (Å²) in [7, 11) is 1.60. The number of hydrogen-bond acceptors (Lipinski definition) is 4. The fraction of sp³-hybridized carbons (Fsp3) is 0.400. The van der Waals surface area contributed by atoms with E-state index in [1.54, 1.807) is 25.3 Å². The highest BCUT2D eigenvalue weighted by Gasteiger charge is 2.21. The van der Waals surface area contributed by atoms with Crippen LogP contribution in [0.1, 0.15) is 24.2 Å². The molecule has 0 saturated carbocycles. The van der Waals surface area contributed by atoms with E-state index in [-0.39, 0.29) is 23.8 Å². The maximum Gasteiger partial charge on any atom is 0.253 e. The maximum atomic E-state index is 11.8. The van der Waals surface area contributed by atoms with Crippen LogP contribution in [0.3, 0.4) is 0 Å². The van der Waals surface area contributed by atoms with Gasteiger partial charge in [0.05, 0.1) is 5.56 Å². The van der Waals surface area contributed by atoms with E-state index in [0.717, 1.165) is 0 Å². The third-order valence-corrected chi connectivity index (χ3v) is 2.93. The van der Waals surface area contributed by atoms with Gasteiger partial charge in [-0.2, -0.15) is 0 Å². The summed E-state index contributed by atoms with van der Waals surface area (Å²) in [5.74, 6) is 0.361. The highest BCUT2D eigenvalue weighted by Crippen LogP contribution is 2.11. The molecule has 1 unspecified atom stereocenters. The Bertz CT molecular complexity index is 497. The molecule has 0 aliphatic rings. The second-order valence-corrected chi connectivity index (χ2v) is 4.91. The molecule has 0 saturated heterocycles. The average Bonchev–Trinajstić information content (AvgIpc) is 2.49. The van der Waals surface area contributed by atoms with E-state index >= 15 is 0 Å². The zero-order valence-electron chi connectivity index (χ0n) is 12.6. The van der Waals surface area contributed by atoms with Crippen LogP contribution in [0.5, 0.6) is 0 Å². The van der Waals surface area contributed by atoms with Gasteiger partial charge in [-0.3, -0.25) is 9.59 Å². The van der Waals surface area contributed by atoms with Gasteiger partial charge in [0.25, 0.3) is 5.91 Å². The molecule has 1 atom stereocenters. The Morgan fingerprint density at radius 3 is 2.57 bits per heavy atom. The van der Waals surface area contributed by atoms with Crippen molar-refractivity contribution in [1.82, 2.24) is 15.6 Å². The topological polar surface area (TPSA) is 83.1 Å². The molecule has 0 aliphatic heterocycles. The minimum absolute atomic E-state index is 0.0976. The average molecular weight is 290 g/mol. The second-order valence-electron chi connectivity index (χ2n) is 4.91. The van der Waals surface area contributed by atoms with Crippen molar-refractivity contribution in [2.45, 2.75) is 19.9 Å². The van der Waals surface area contributed by atoms with Crippen molar-refractivity contribution < 1.29 is 9.59 Å². The van der Waals surface area contributed by atoms with Crippen molar-refractivity contribution >= 4 is 17.6 Å². The van der Waals surface area contributed by atoms with E-state index in [1.165, 1.54) is 6.20 Å². The fourth-order valence-electron chi connectivity index (χ4n) is 1.73. The molecule has 6 nitrogen and oxygen atoms in total. The first-order valence-corrected chi connectivity index (χ1v) is 6.82. The molecule has 0 spiro atoms. The molecule has 3 N–H and O–H groups in total. The number of anilines is 1. The van der Waals surface area contributed by atoms with Crippen LogP contribution >= 0.6 is 0 Å². The summed E-state index contributed by atoms with van der Waals surface area (Å²) < 4.78 is 0. The van der Waals surface area contributed by atoms with Crippen LogP contribution in [0.2, 0.25) is 0 Å². The van der Waals surface area contributed by atoms with Gasteiger partial charge in [-0.25, -0.2) is 4.98 Å². The van der Waals surface area contributed by atoms with Crippen LogP contribution in [0.25, 0.3) is 0 Å². The lowest BCUT2D eigenvalue weighted by Crippen LogP contribution is -2.41. The number of nitrogens with zero attached hydrogens (tertiary/aromatic N) is 1. The van der Waals surface area contributed by atoms with Gasteiger partial charge in [-0.15, -0.1) is 6.58 Å². The van der Waals surface area contributed by atoms with Gasteiger partial charge in [-0.05, 0) is 18.1 Å². The second kappa shape index (κ2) is 8.04. The molecule has 0 fully saturated rings. The smallest absolute Gasteiger partial charge is 0.253 e. The van der Waals surface area contributed by atoms with E-state index in [1.807, 2.05) is 13.8 Å². The van der Waals surface area contributed by atoms with Crippen LogP contribution in [0.15, 0.2) is 31.0 Å². The van der Waals surface area contributed by atoms with Crippen LogP contribution in [0.4, 0.5) is 5.82 Å². The molecule has 1 heterocycles. The lowest BCUT2D eigenvalue weighted by atomic mass is 10.0. The number of likely N-dealkylation sites (N-methyl/N-ethyl adjacent to an activating group) is 1. The number of amides is 2. The van der Waals surface area contributed by atoms with E-state index in [2.05, 4.69) is 27.5 Å². The number of aromatic nitrogens is 1. The van der Waals surface area contributed by atoms with Crippen molar-refractivity contribution in [3.05, 3.63) is 36.5 Å². The van der Waals surface area contributed by atoms with E-state index < -0.39 is 0 Å². The highest BCUT2D eigenvalue weighted by atomic mass is 16.2. The lowest BCUT2D eigenvalue weighted by molar-refractivity contribution is -0.122. The number of pyridine rings is 1. The molecular weight excluding hydrogens is 268 g/mol. The van der Waals surface area contributed by atoms with Gasteiger partial charge >= 0.3 is 0 Å². The molecule has 6 heteroatoms. The number of rotatable bonds is 7. The minimum atomic E-state index is -0.372. The molecule has 2 amide bonds. The van der Waals surface area contributed by atoms with Gasteiger partial charge in [0.15, 0.2) is 0 Å². The van der Waals surface area contributed by atoms with Crippen LogP contribution in [-0.2, 0) is 4.79 Å². The monoisotopic (exact) mass is 290 g/mol. The van der Waals surface area contributed by atoms with Gasteiger partial charge < -0.3 is 16.0 Å². The Hall–Kier alpha value is -2.37. The first kappa shape index (κ1) is 16.7. The zero-order chi connectivity index (χ0) is 15.8. The summed E-state index contributed by atoms with van der Waals surface area (Å²) in [6.07, 6.45) is 3.08. The van der Waals surface area contributed by atoms with E-state index in [0.29, 0.717) is 17.9 Å². The minimum Gasteiger partial charge on any atom is -0.358 e. The third-order valence-electron chi connectivity index (χ3n) is 2.93. The summed E-state index contributed by atoms with van der Waals surface area (Å²) in [5, 5.41) is 8.36. The maximum absolute atomic E-state index is 11.8. The van der Waals surface area contributed by atoms with E-state index in [4.69, 9.17) is 0 Å². The van der Waals surface area contributed by atoms with Crippen molar-refractivity contribution in [1.29, 1.82) is 0 Å². The third kappa shape index (κ3) is 4.91. The molecule has 21 heavy (non-hydrogen) atoms. The highest BCUT2D eigenvalue weighted by molar-refractivity contribution is 5.94. The molecule has 1 aromatic rings. The number of hydrogen-bond donors (Lipinski definition) is 3. The summed E-state index contributed by atoms with van der Waals surface area (Å²) in [6, 6.07) is 2.97. The zero-order valence-corrected chi connectivity index (χ0v) is 12.6. The molecule has 1 rings (SSSR count). The summed E-state index contributed by atoms with van der Waals surface area (Å²) in [4.78, 5) is 27.7. The summed E-state index contributed by atoms with van der Waals surface area (Å²) >= 11 is 0. The van der Waals surface area contributed by atoms with Crippen molar-refractivity contribution in [3.8, 4) is 0 Å². The van der Waals surface area contributed by atoms with Gasteiger partial charge in [-0.1, -0.05) is 19.9 Å². The SMILES string of the molecule is C=CCNC(=O)c1ccc(NC(C(=O)NC)C(C)C)nc1. The standard InChI is InChI=1S/C15H22N4O2/c1-5-8-17-14(20)11-6-7-12(18-9-11)19-13(10(2)3)15(21)16-4/h5-7,9-10,13H,1,8H2,2-4H3,(H,16,21)(H,17,20)(H,18,19). The largest absolute Gasteiger partial charge is 0.358 e. The molecule has 0 aliphatic carbocycles. The van der Waals surface area contributed by atoms with Gasteiger partial charge in [0.1, 0.15) is 11.9 Å². The lowest BCUT2D eigenvalue weighted by Gasteiger charge is -2.21.